The second-order valence-electron chi connectivity index (χ2n) is 5.02. The van der Waals surface area contributed by atoms with Gasteiger partial charge in [0.25, 0.3) is 0 Å². The molecule has 1 aromatic rings. The molecule has 1 aliphatic rings. The zero-order valence-electron chi connectivity index (χ0n) is 12.0. The maximum absolute atomic E-state index is 5.34. The minimum Gasteiger partial charge on any atom is -0.379 e. The summed E-state index contributed by atoms with van der Waals surface area (Å²) in [7, 11) is 0. The molecule has 5 nitrogen and oxygen atoms in total. The van der Waals surface area contributed by atoms with Crippen molar-refractivity contribution in [1.29, 1.82) is 0 Å². The molecule has 0 saturated carbocycles. The fraction of sp³-hybridized carbons (Fsp3) is 0.786. The Hall–Kier alpha value is -0.910. The van der Waals surface area contributed by atoms with E-state index in [1.807, 2.05) is 6.20 Å². The van der Waals surface area contributed by atoms with Gasteiger partial charge in [0.1, 0.15) is 5.82 Å². The molecule has 0 unspecified atom stereocenters. The molecule has 0 bridgehead atoms. The highest BCUT2D eigenvalue weighted by Gasteiger charge is 2.09. The van der Waals surface area contributed by atoms with Gasteiger partial charge in [-0.1, -0.05) is 13.3 Å². The van der Waals surface area contributed by atoms with Gasteiger partial charge >= 0.3 is 0 Å². The number of aromatic nitrogens is 2. The summed E-state index contributed by atoms with van der Waals surface area (Å²) in [4.78, 5) is 6.86. The van der Waals surface area contributed by atoms with E-state index in [4.69, 9.17) is 4.74 Å². The zero-order chi connectivity index (χ0) is 13.3. The van der Waals surface area contributed by atoms with Crippen LogP contribution in [0.1, 0.15) is 25.6 Å². The fourth-order valence-electron chi connectivity index (χ4n) is 2.30. The van der Waals surface area contributed by atoms with Crippen LogP contribution in [0.25, 0.3) is 0 Å². The van der Waals surface area contributed by atoms with Gasteiger partial charge in [-0.05, 0) is 6.42 Å². The van der Waals surface area contributed by atoms with Crippen molar-refractivity contribution in [2.75, 3.05) is 39.4 Å². The Balaban J connectivity index is 1.63. The molecule has 2 rings (SSSR count). The number of morpholine rings is 1. The first kappa shape index (κ1) is 14.5. The lowest BCUT2D eigenvalue weighted by molar-refractivity contribution is 0.0384. The lowest BCUT2D eigenvalue weighted by Gasteiger charge is -2.26. The lowest BCUT2D eigenvalue weighted by atomic mass is 10.3. The van der Waals surface area contributed by atoms with Gasteiger partial charge in [0.15, 0.2) is 0 Å². The summed E-state index contributed by atoms with van der Waals surface area (Å²) in [5.74, 6) is 1.15. The summed E-state index contributed by atoms with van der Waals surface area (Å²) in [6.07, 6.45) is 6.42. The van der Waals surface area contributed by atoms with E-state index < -0.39 is 0 Å². The number of hydrogen-bond acceptors (Lipinski definition) is 4. The van der Waals surface area contributed by atoms with Crippen LogP contribution in [-0.2, 0) is 17.8 Å². The SMILES string of the molecule is CCCCn1ccnc1CNCCN1CCOCC1. The van der Waals surface area contributed by atoms with Gasteiger partial charge in [-0.15, -0.1) is 0 Å². The van der Waals surface area contributed by atoms with E-state index in [-0.39, 0.29) is 0 Å². The molecule has 0 atom stereocenters. The molecule has 0 aliphatic carbocycles. The largest absolute Gasteiger partial charge is 0.379 e. The van der Waals surface area contributed by atoms with Gasteiger partial charge in [0.2, 0.25) is 0 Å². The minimum absolute atomic E-state index is 0.862. The van der Waals surface area contributed by atoms with Gasteiger partial charge < -0.3 is 14.6 Å². The van der Waals surface area contributed by atoms with E-state index in [1.165, 1.54) is 12.8 Å². The van der Waals surface area contributed by atoms with Crippen LogP contribution in [0.5, 0.6) is 0 Å². The van der Waals surface area contributed by atoms with Gasteiger partial charge in [0.05, 0.1) is 19.8 Å². The smallest absolute Gasteiger partial charge is 0.122 e. The monoisotopic (exact) mass is 266 g/mol. The highest BCUT2D eigenvalue weighted by Crippen LogP contribution is 2.01. The Kier molecular flexibility index (Phi) is 6.33. The van der Waals surface area contributed by atoms with Crippen molar-refractivity contribution in [2.24, 2.45) is 0 Å². The molecule has 5 heteroatoms. The van der Waals surface area contributed by atoms with Crippen molar-refractivity contribution in [3.8, 4) is 0 Å². The first-order chi connectivity index (χ1) is 9.40. The molecule has 0 spiro atoms. The van der Waals surface area contributed by atoms with Crippen LogP contribution >= 0.6 is 0 Å². The second kappa shape index (κ2) is 8.30. The molecule has 0 radical (unpaired) electrons. The molecular formula is C14H26N4O. The quantitative estimate of drug-likeness (QED) is 0.716. The molecule has 1 aromatic heterocycles. The van der Waals surface area contributed by atoms with E-state index in [0.29, 0.717) is 0 Å². The second-order valence-corrected chi connectivity index (χ2v) is 5.02. The third-order valence-corrected chi connectivity index (χ3v) is 3.55. The topological polar surface area (TPSA) is 42.3 Å². The first-order valence-electron chi connectivity index (χ1n) is 7.41. The van der Waals surface area contributed by atoms with Gasteiger partial charge in [-0.3, -0.25) is 4.90 Å². The number of rotatable bonds is 8. The highest BCUT2D eigenvalue weighted by molar-refractivity contribution is 4.91. The molecule has 108 valence electrons. The number of hydrogen-bond donors (Lipinski definition) is 1. The van der Waals surface area contributed by atoms with E-state index in [0.717, 1.165) is 58.3 Å². The maximum atomic E-state index is 5.34. The number of nitrogens with one attached hydrogen (secondary N) is 1. The van der Waals surface area contributed by atoms with Crippen LogP contribution in [0.4, 0.5) is 0 Å². The average molecular weight is 266 g/mol. The number of imidazole rings is 1. The van der Waals surface area contributed by atoms with Gasteiger partial charge in [-0.25, -0.2) is 4.98 Å². The summed E-state index contributed by atoms with van der Waals surface area (Å²) >= 11 is 0. The molecule has 1 saturated heterocycles. The molecule has 1 N–H and O–H groups in total. The summed E-state index contributed by atoms with van der Waals surface area (Å²) in [6, 6.07) is 0. The van der Waals surface area contributed by atoms with E-state index in [2.05, 4.69) is 32.9 Å². The van der Waals surface area contributed by atoms with E-state index in [1.54, 1.807) is 0 Å². The fourth-order valence-corrected chi connectivity index (χ4v) is 2.30. The highest BCUT2D eigenvalue weighted by atomic mass is 16.5. The molecule has 1 fully saturated rings. The van der Waals surface area contributed by atoms with Crippen molar-refractivity contribution in [3.05, 3.63) is 18.2 Å². The third-order valence-electron chi connectivity index (χ3n) is 3.55. The minimum atomic E-state index is 0.862. The normalized spacial score (nSPS) is 16.9. The van der Waals surface area contributed by atoms with Crippen LogP contribution in [0.3, 0.4) is 0 Å². The van der Waals surface area contributed by atoms with Crippen molar-refractivity contribution >= 4 is 0 Å². The van der Waals surface area contributed by atoms with Crippen molar-refractivity contribution in [2.45, 2.75) is 32.9 Å². The Morgan fingerprint density at radius 3 is 2.95 bits per heavy atom. The maximum Gasteiger partial charge on any atom is 0.122 e. The Morgan fingerprint density at radius 1 is 1.32 bits per heavy atom. The standard InChI is InChI=1S/C14H26N4O/c1-2-3-6-18-8-5-16-14(18)13-15-4-7-17-9-11-19-12-10-17/h5,8,15H,2-4,6-7,9-13H2,1H3. The van der Waals surface area contributed by atoms with E-state index in [9.17, 15) is 0 Å². The number of nitrogens with zero attached hydrogens (tertiary/aromatic N) is 3. The van der Waals surface area contributed by atoms with Crippen LogP contribution in [0, 0.1) is 0 Å². The molecule has 2 heterocycles. The van der Waals surface area contributed by atoms with Gasteiger partial charge in [-0.2, -0.15) is 0 Å². The zero-order valence-corrected chi connectivity index (χ0v) is 12.0. The van der Waals surface area contributed by atoms with Crippen LogP contribution in [0.15, 0.2) is 12.4 Å². The van der Waals surface area contributed by atoms with Crippen molar-refractivity contribution in [1.82, 2.24) is 19.8 Å². The van der Waals surface area contributed by atoms with Crippen LogP contribution in [-0.4, -0.2) is 53.8 Å². The number of unbranched alkanes of at least 4 members (excludes halogenated alkanes) is 1. The summed E-state index contributed by atoms with van der Waals surface area (Å²) < 4.78 is 7.60. The Morgan fingerprint density at radius 2 is 2.16 bits per heavy atom. The third kappa shape index (κ3) is 4.93. The van der Waals surface area contributed by atoms with Crippen molar-refractivity contribution < 1.29 is 4.74 Å². The molecule has 0 aromatic carbocycles. The van der Waals surface area contributed by atoms with E-state index >= 15 is 0 Å². The predicted octanol–water partition coefficient (Wildman–Crippen LogP) is 1.10. The Labute approximate surface area is 116 Å². The molecule has 19 heavy (non-hydrogen) atoms. The lowest BCUT2D eigenvalue weighted by Crippen LogP contribution is -2.40. The number of aryl methyl sites for hydroxylation is 1. The summed E-state index contributed by atoms with van der Waals surface area (Å²) in [5.41, 5.74) is 0. The van der Waals surface area contributed by atoms with Gasteiger partial charge in [0, 0.05) is 45.1 Å². The predicted molar refractivity (Wildman–Crippen MR) is 76.1 cm³/mol. The number of ether oxygens (including phenoxy) is 1. The van der Waals surface area contributed by atoms with Crippen molar-refractivity contribution in [3.63, 3.8) is 0 Å². The first-order valence-corrected chi connectivity index (χ1v) is 7.41. The Bertz CT molecular complexity index is 347. The summed E-state index contributed by atoms with van der Waals surface area (Å²) in [6.45, 7) is 10.2. The average Bonchev–Trinajstić information content (AvgIpc) is 2.90. The van der Waals surface area contributed by atoms with Crippen LogP contribution in [0.2, 0.25) is 0 Å². The summed E-state index contributed by atoms with van der Waals surface area (Å²) in [5, 5.41) is 3.49. The molecular weight excluding hydrogens is 240 g/mol. The molecule has 1 aliphatic heterocycles. The molecule has 0 amide bonds. The van der Waals surface area contributed by atoms with Crippen LogP contribution < -0.4 is 5.32 Å².